The highest BCUT2D eigenvalue weighted by atomic mass is 16.6. The van der Waals surface area contributed by atoms with Crippen LogP contribution >= 0.6 is 0 Å². The third kappa shape index (κ3) is 6.37. The second kappa shape index (κ2) is 11.1. The fraction of sp³-hybridized carbons (Fsp3) is 0.318. The van der Waals surface area contributed by atoms with Gasteiger partial charge in [0.25, 0.3) is 0 Å². The molecule has 0 aromatic heterocycles. The Morgan fingerprint density at radius 2 is 1.69 bits per heavy atom. The van der Waals surface area contributed by atoms with Gasteiger partial charge in [0.1, 0.15) is 13.3 Å². The molecule has 2 rings (SSSR count). The summed E-state index contributed by atoms with van der Waals surface area (Å²) < 4.78 is 11.0. The second-order valence-electron chi connectivity index (χ2n) is 6.00. The monoisotopic (exact) mass is 353 g/mol. The van der Waals surface area contributed by atoms with Crippen molar-refractivity contribution in [3.05, 3.63) is 84.4 Å². The van der Waals surface area contributed by atoms with Gasteiger partial charge < -0.3 is 9.47 Å². The molecular formula is C22H27NO3. The van der Waals surface area contributed by atoms with Crippen molar-refractivity contribution in [3.63, 3.8) is 0 Å². The number of hydrogen-bond acceptors (Lipinski definition) is 3. The van der Waals surface area contributed by atoms with E-state index < -0.39 is 0 Å². The summed E-state index contributed by atoms with van der Waals surface area (Å²) in [7, 11) is 0. The van der Waals surface area contributed by atoms with Gasteiger partial charge in [-0.2, -0.15) is 0 Å². The van der Waals surface area contributed by atoms with Crippen molar-refractivity contribution in [1.82, 2.24) is 4.90 Å². The molecule has 2 aromatic rings. The number of carbonyl (C=O) groups is 1. The maximum atomic E-state index is 12.7. The first-order chi connectivity index (χ1) is 12.7. The third-order valence-corrected chi connectivity index (χ3v) is 4.07. The molecule has 0 radical (unpaired) electrons. The Kier molecular flexibility index (Phi) is 8.43. The molecule has 0 aliphatic heterocycles. The lowest BCUT2D eigenvalue weighted by Gasteiger charge is -2.30. The van der Waals surface area contributed by atoms with Crippen LogP contribution in [0.4, 0.5) is 4.79 Å². The molecular weight excluding hydrogens is 326 g/mol. The van der Waals surface area contributed by atoms with E-state index in [0.717, 1.165) is 17.5 Å². The van der Waals surface area contributed by atoms with Crippen LogP contribution in [-0.2, 0) is 22.5 Å². The van der Waals surface area contributed by atoms with Crippen molar-refractivity contribution in [3.8, 4) is 0 Å². The van der Waals surface area contributed by atoms with Crippen molar-refractivity contribution in [2.45, 2.75) is 32.4 Å². The SMILES string of the molecule is C=CCC(Cc1ccccc1)N(COCC)C(=O)OCc1ccccc1. The predicted molar refractivity (Wildman–Crippen MR) is 104 cm³/mol. The summed E-state index contributed by atoms with van der Waals surface area (Å²) in [6.07, 6.45) is 2.85. The fourth-order valence-electron chi connectivity index (χ4n) is 2.70. The summed E-state index contributed by atoms with van der Waals surface area (Å²) in [4.78, 5) is 14.4. The second-order valence-corrected chi connectivity index (χ2v) is 6.00. The van der Waals surface area contributed by atoms with Gasteiger partial charge in [0.2, 0.25) is 0 Å². The van der Waals surface area contributed by atoms with Crippen LogP contribution in [-0.4, -0.2) is 30.4 Å². The molecule has 1 amide bonds. The van der Waals surface area contributed by atoms with E-state index in [1.807, 2.05) is 61.5 Å². The molecule has 0 bridgehead atoms. The summed E-state index contributed by atoms with van der Waals surface area (Å²) in [5.41, 5.74) is 2.12. The summed E-state index contributed by atoms with van der Waals surface area (Å²) >= 11 is 0. The summed E-state index contributed by atoms with van der Waals surface area (Å²) in [5.74, 6) is 0. The van der Waals surface area contributed by atoms with E-state index in [0.29, 0.717) is 13.0 Å². The zero-order chi connectivity index (χ0) is 18.6. The van der Waals surface area contributed by atoms with Crippen LogP contribution in [0.2, 0.25) is 0 Å². The zero-order valence-electron chi connectivity index (χ0n) is 15.3. The predicted octanol–water partition coefficient (Wildman–Crippen LogP) is 4.81. The Bertz CT molecular complexity index is 658. The van der Waals surface area contributed by atoms with Crippen LogP contribution in [0.1, 0.15) is 24.5 Å². The molecule has 1 atom stereocenters. The molecule has 4 heteroatoms. The minimum Gasteiger partial charge on any atom is -0.444 e. The molecule has 0 N–H and O–H groups in total. The number of benzene rings is 2. The Balaban J connectivity index is 2.07. The van der Waals surface area contributed by atoms with E-state index in [2.05, 4.69) is 18.7 Å². The number of amides is 1. The topological polar surface area (TPSA) is 38.8 Å². The Labute approximate surface area is 156 Å². The van der Waals surface area contributed by atoms with Crippen molar-refractivity contribution in [1.29, 1.82) is 0 Å². The van der Waals surface area contributed by atoms with E-state index in [4.69, 9.17) is 9.47 Å². The molecule has 1 unspecified atom stereocenters. The first-order valence-electron chi connectivity index (χ1n) is 8.94. The van der Waals surface area contributed by atoms with E-state index >= 15 is 0 Å². The molecule has 138 valence electrons. The van der Waals surface area contributed by atoms with Crippen molar-refractivity contribution in [2.24, 2.45) is 0 Å². The van der Waals surface area contributed by atoms with E-state index in [1.165, 1.54) is 0 Å². The molecule has 4 nitrogen and oxygen atoms in total. The van der Waals surface area contributed by atoms with Gasteiger partial charge in [0.15, 0.2) is 0 Å². The van der Waals surface area contributed by atoms with Crippen molar-refractivity contribution < 1.29 is 14.3 Å². The highest BCUT2D eigenvalue weighted by Crippen LogP contribution is 2.15. The van der Waals surface area contributed by atoms with E-state index in [1.54, 1.807) is 4.90 Å². The number of carbonyl (C=O) groups excluding carboxylic acids is 1. The average Bonchev–Trinajstić information content (AvgIpc) is 2.68. The van der Waals surface area contributed by atoms with Gasteiger partial charge in [0, 0.05) is 12.6 Å². The van der Waals surface area contributed by atoms with Crippen LogP contribution in [0, 0.1) is 0 Å². The Morgan fingerprint density at radius 1 is 1.08 bits per heavy atom. The van der Waals surface area contributed by atoms with Gasteiger partial charge in [0.05, 0.1) is 0 Å². The normalized spacial score (nSPS) is 11.6. The molecule has 26 heavy (non-hydrogen) atoms. The fourth-order valence-corrected chi connectivity index (χ4v) is 2.70. The quantitative estimate of drug-likeness (QED) is 0.455. The maximum Gasteiger partial charge on any atom is 0.412 e. The average molecular weight is 353 g/mol. The van der Waals surface area contributed by atoms with Gasteiger partial charge in [-0.25, -0.2) is 4.79 Å². The van der Waals surface area contributed by atoms with Crippen molar-refractivity contribution in [2.75, 3.05) is 13.3 Å². The van der Waals surface area contributed by atoms with Gasteiger partial charge in [-0.3, -0.25) is 4.90 Å². The Morgan fingerprint density at radius 3 is 2.27 bits per heavy atom. The lowest BCUT2D eigenvalue weighted by molar-refractivity contribution is 0.00277. The lowest BCUT2D eigenvalue weighted by Crippen LogP contribution is -2.43. The summed E-state index contributed by atoms with van der Waals surface area (Å²) in [6, 6.07) is 19.7. The number of hydrogen-bond donors (Lipinski definition) is 0. The molecule has 0 saturated carbocycles. The standard InChI is InChI=1S/C22H27NO3/c1-3-11-21(16-19-12-7-5-8-13-19)23(18-25-4-2)22(24)26-17-20-14-9-6-10-15-20/h3,5-10,12-15,21H,1,4,11,16-18H2,2H3. The van der Waals surface area contributed by atoms with E-state index in [-0.39, 0.29) is 25.5 Å². The maximum absolute atomic E-state index is 12.7. The first kappa shape index (κ1) is 19.7. The van der Waals surface area contributed by atoms with E-state index in [9.17, 15) is 4.79 Å². The smallest absolute Gasteiger partial charge is 0.412 e. The number of nitrogens with zero attached hydrogens (tertiary/aromatic N) is 1. The third-order valence-electron chi connectivity index (χ3n) is 4.07. The zero-order valence-corrected chi connectivity index (χ0v) is 15.3. The Hall–Kier alpha value is -2.59. The van der Waals surface area contributed by atoms with Crippen LogP contribution in [0.3, 0.4) is 0 Å². The highest BCUT2D eigenvalue weighted by molar-refractivity contribution is 5.68. The molecule has 2 aromatic carbocycles. The van der Waals surface area contributed by atoms with Crippen LogP contribution in [0.5, 0.6) is 0 Å². The molecule has 0 heterocycles. The van der Waals surface area contributed by atoms with Crippen LogP contribution < -0.4 is 0 Å². The van der Waals surface area contributed by atoms with Gasteiger partial charge >= 0.3 is 6.09 Å². The number of rotatable bonds is 10. The molecule has 0 fully saturated rings. The van der Waals surface area contributed by atoms with Gasteiger partial charge in [-0.15, -0.1) is 6.58 Å². The molecule has 0 aliphatic rings. The van der Waals surface area contributed by atoms with Crippen LogP contribution in [0.15, 0.2) is 73.3 Å². The summed E-state index contributed by atoms with van der Waals surface area (Å²) in [5, 5.41) is 0. The summed E-state index contributed by atoms with van der Waals surface area (Å²) in [6.45, 7) is 6.73. The van der Waals surface area contributed by atoms with Gasteiger partial charge in [-0.1, -0.05) is 66.7 Å². The molecule has 0 saturated heterocycles. The lowest BCUT2D eigenvalue weighted by atomic mass is 10.0. The van der Waals surface area contributed by atoms with Crippen molar-refractivity contribution >= 4 is 6.09 Å². The molecule has 0 spiro atoms. The number of ether oxygens (including phenoxy) is 2. The largest absolute Gasteiger partial charge is 0.444 e. The highest BCUT2D eigenvalue weighted by Gasteiger charge is 2.24. The minimum atomic E-state index is -0.370. The minimum absolute atomic E-state index is 0.0651. The molecule has 0 aliphatic carbocycles. The van der Waals surface area contributed by atoms with Crippen LogP contribution in [0.25, 0.3) is 0 Å². The first-order valence-corrected chi connectivity index (χ1v) is 8.94. The van der Waals surface area contributed by atoms with Gasteiger partial charge in [-0.05, 0) is 30.9 Å².